The Morgan fingerprint density at radius 3 is 2.43 bits per heavy atom. The van der Waals surface area contributed by atoms with Crippen LogP contribution in [0.4, 0.5) is 5.69 Å². The van der Waals surface area contributed by atoms with Gasteiger partial charge in [-0.25, -0.2) is 0 Å². The van der Waals surface area contributed by atoms with Crippen molar-refractivity contribution in [1.29, 1.82) is 5.41 Å². The lowest BCUT2D eigenvalue weighted by molar-refractivity contribution is -0.116. The normalized spacial score (nSPS) is 17.0. The van der Waals surface area contributed by atoms with E-state index >= 15 is 0 Å². The van der Waals surface area contributed by atoms with Gasteiger partial charge in [-0.1, -0.05) is 39.8 Å². The predicted octanol–water partition coefficient (Wildman–Crippen LogP) is 6.42. The number of hydrogen-bond donors (Lipinski definition) is 1. The molecular formula is C26H37N3O. The molecule has 1 aromatic rings. The Hall–Kier alpha value is -2.49. The first-order chi connectivity index (χ1) is 14.0. The number of amides is 1. The summed E-state index contributed by atoms with van der Waals surface area (Å²) in [5.74, 6) is 0.358. The summed E-state index contributed by atoms with van der Waals surface area (Å²) in [5, 5.41) is 8.28. The van der Waals surface area contributed by atoms with E-state index in [1.165, 1.54) is 11.1 Å². The molecule has 1 amide bonds. The first kappa shape index (κ1) is 23.8. The van der Waals surface area contributed by atoms with Gasteiger partial charge in [0.2, 0.25) is 5.91 Å². The van der Waals surface area contributed by atoms with E-state index in [2.05, 4.69) is 57.0 Å². The largest absolute Gasteiger partial charge is 0.316 e. The van der Waals surface area contributed by atoms with Gasteiger partial charge < -0.3 is 10.3 Å². The second-order valence-corrected chi connectivity index (χ2v) is 9.41. The van der Waals surface area contributed by atoms with Gasteiger partial charge in [0.1, 0.15) is 0 Å². The van der Waals surface area contributed by atoms with Crippen LogP contribution in [0.2, 0.25) is 0 Å². The molecule has 1 aliphatic rings. The Morgan fingerprint density at radius 2 is 1.90 bits per heavy atom. The Balaban J connectivity index is 2.44. The third kappa shape index (κ3) is 5.56. The van der Waals surface area contributed by atoms with Gasteiger partial charge in [-0.3, -0.25) is 9.79 Å². The molecule has 0 bridgehead atoms. The highest BCUT2D eigenvalue weighted by Gasteiger charge is 2.29. The van der Waals surface area contributed by atoms with Crippen molar-refractivity contribution in [2.45, 2.75) is 66.7 Å². The van der Waals surface area contributed by atoms with Crippen LogP contribution in [-0.4, -0.2) is 31.4 Å². The van der Waals surface area contributed by atoms with Crippen molar-refractivity contribution >= 4 is 29.1 Å². The molecule has 0 saturated heterocycles. The Bertz CT molecular complexity index is 916. The minimum absolute atomic E-state index is 0.0232. The molecule has 0 heterocycles. The average molecular weight is 408 g/mol. The SMILES string of the molecule is CN=C(/C=C/c1ccc(N(C)C(C)=O)cc1C(C)C)C1=C(C(C)=N)CC(C)(C)CC1. The van der Waals surface area contributed by atoms with Crippen LogP contribution in [0.25, 0.3) is 6.08 Å². The Morgan fingerprint density at radius 1 is 1.23 bits per heavy atom. The Labute approximate surface area is 182 Å². The standard InChI is InChI=1S/C26H37N3O/c1-17(2)23-15-21(29(8)19(4)30)11-9-20(23)10-12-25(28-7)22-13-14-26(5,6)16-24(22)18(3)27/h9-12,15,17,27H,13-14,16H2,1-8H3/b12-10+,27-18?,28-25?. The van der Waals surface area contributed by atoms with Crippen LogP contribution in [0.3, 0.4) is 0 Å². The van der Waals surface area contributed by atoms with E-state index in [0.29, 0.717) is 11.6 Å². The molecule has 4 heteroatoms. The fourth-order valence-electron chi connectivity index (χ4n) is 4.01. The van der Waals surface area contributed by atoms with Crippen LogP contribution >= 0.6 is 0 Å². The molecule has 0 radical (unpaired) electrons. The quantitative estimate of drug-likeness (QED) is 0.543. The van der Waals surface area contributed by atoms with Gasteiger partial charge in [0, 0.05) is 32.4 Å². The average Bonchev–Trinajstić information content (AvgIpc) is 2.67. The number of nitrogens with zero attached hydrogens (tertiary/aromatic N) is 2. The molecule has 1 aliphatic carbocycles. The molecule has 0 spiro atoms. The van der Waals surface area contributed by atoms with Crippen LogP contribution in [-0.2, 0) is 4.79 Å². The number of aliphatic imine (C=N–C) groups is 1. The Kier molecular flexibility index (Phi) is 7.57. The van der Waals surface area contributed by atoms with Crippen molar-refractivity contribution in [2.24, 2.45) is 10.4 Å². The van der Waals surface area contributed by atoms with Crippen molar-refractivity contribution in [2.75, 3.05) is 19.0 Å². The molecule has 30 heavy (non-hydrogen) atoms. The molecule has 0 atom stereocenters. The summed E-state index contributed by atoms with van der Waals surface area (Å²) in [5.41, 5.74) is 7.43. The van der Waals surface area contributed by atoms with Crippen molar-refractivity contribution in [3.8, 4) is 0 Å². The lowest BCUT2D eigenvalue weighted by Gasteiger charge is -2.33. The zero-order valence-electron chi connectivity index (χ0n) is 19.9. The monoisotopic (exact) mass is 407 g/mol. The second-order valence-electron chi connectivity index (χ2n) is 9.41. The van der Waals surface area contributed by atoms with Crippen LogP contribution in [0.1, 0.15) is 77.8 Å². The molecule has 0 saturated carbocycles. The highest BCUT2D eigenvalue weighted by atomic mass is 16.2. The summed E-state index contributed by atoms with van der Waals surface area (Å²) < 4.78 is 0. The lowest BCUT2D eigenvalue weighted by Crippen LogP contribution is -2.24. The molecule has 162 valence electrons. The van der Waals surface area contributed by atoms with Crippen LogP contribution in [0.5, 0.6) is 0 Å². The summed E-state index contributed by atoms with van der Waals surface area (Å²) in [6.07, 6.45) is 7.20. The number of rotatable bonds is 6. The predicted molar refractivity (Wildman–Crippen MR) is 130 cm³/mol. The molecule has 1 aromatic carbocycles. The first-order valence-electron chi connectivity index (χ1n) is 10.8. The van der Waals surface area contributed by atoms with Gasteiger partial charge in [-0.15, -0.1) is 0 Å². The van der Waals surface area contributed by atoms with Crippen LogP contribution < -0.4 is 4.90 Å². The van der Waals surface area contributed by atoms with Crippen molar-refractivity contribution in [3.63, 3.8) is 0 Å². The third-order valence-corrected chi connectivity index (χ3v) is 6.05. The molecular weight excluding hydrogens is 370 g/mol. The lowest BCUT2D eigenvalue weighted by atomic mass is 9.72. The molecule has 1 N–H and O–H groups in total. The molecule has 2 rings (SSSR count). The first-order valence-corrected chi connectivity index (χ1v) is 10.8. The smallest absolute Gasteiger partial charge is 0.223 e. The van der Waals surface area contributed by atoms with Gasteiger partial charge in [0.15, 0.2) is 0 Å². The topological polar surface area (TPSA) is 56.5 Å². The molecule has 0 aliphatic heterocycles. The van der Waals surface area contributed by atoms with E-state index in [0.717, 1.165) is 41.8 Å². The van der Waals surface area contributed by atoms with Gasteiger partial charge in [-0.05, 0) is 78.0 Å². The second kappa shape index (κ2) is 9.55. The highest BCUT2D eigenvalue weighted by molar-refractivity contribution is 6.15. The van der Waals surface area contributed by atoms with Crippen LogP contribution in [0, 0.1) is 10.8 Å². The van der Waals surface area contributed by atoms with E-state index < -0.39 is 0 Å². The minimum Gasteiger partial charge on any atom is -0.316 e. The third-order valence-electron chi connectivity index (χ3n) is 6.05. The number of nitrogens with one attached hydrogen (secondary N) is 1. The number of carbonyl (C=O) groups is 1. The molecule has 0 fully saturated rings. The van der Waals surface area contributed by atoms with E-state index in [-0.39, 0.29) is 11.3 Å². The number of carbonyl (C=O) groups excluding carboxylic acids is 1. The molecule has 4 nitrogen and oxygen atoms in total. The van der Waals surface area contributed by atoms with Crippen LogP contribution in [0.15, 0.2) is 40.4 Å². The van der Waals surface area contributed by atoms with E-state index in [1.54, 1.807) is 18.9 Å². The van der Waals surface area contributed by atoms with Crippen molar-refractivity contribution in [1.82, 2.24) is 0 Å². The number of hydrogen-bond acceptors (Lipinski definition) is 3. The highest BCUT2D eigenvalue weighted by Crippen LogP contribution is 2.39. The fraction of sp³-hybridized carbons (Fsp3) is 0.500. The van der Waals surface area contributed by atoms with Crippen molar-refractivity contribution in [3.05, 3.63) is 46.5 Å². The van der Waals surface area contributed by atoms with Gasteiger partial charge in [0.05, 0.1) is 5.71 Å². The van der Waals surface area contributed by atoms with E-state index in [9.17, 15) is 4.79 Å². The molecule has 0 aromatic heterocycles. The summed E-state index contributed by atoms with van der Waals surface area (Å²) >= 11 is 0. The molecule has 0 unspecified atom stereocenters. The number of benzene rings is 1. The van der Waals surface area contributed by atoms with E-state index in [1.807, 2.05) is 20.0 Å². The maximum Gasteiger partial charge on any atom is 0.223 e. The summed E-state index contributed by atoms with van der Waals surface area (Å²) in [7, 11) is 3.63. The zero-order chi connectivity index (χ0) is 22.6. The maximum absolute atomic E-state index is 11.7. The van der Waals surface area contributed by atoms with Gasteiger partial charge in [-0.2, -0.15) is 0 Å². The fourth-order valence-corrected chi connectivity index (χ4v) is 4.01. The van der Waals surface area contributed by atoms with Crippen molar-refractivity contribution < 1.29 is 4.79 Å². The summed E-state index contributed by atoms with van der Waals surface area (Å²) in [4.78, 5) is 18.0. The van der Waals surface area contributed by atoms with Gasteiger partial charge in [0.25, 0.3) is 0 Å². The summed E-state index contributed by atoms with van der Waals surface area (Å²) in [6, 6.07) is 6.17. The number of allylic oxidation sites excluding steroid dienone is 3. The van der Waals surface area contributed by atoms with Gasteiger partial charge >= 0.3 is 0 Å². The minimum atomic E-state index is 0.0232. The summed E-state index contributed by atoms with van der Waals surface area (Å²) in [6.45, 7) is 12.4. The maximum atomic E-state index is 11.7. The zero-order valence-corrected chi connectivity index (χ0v) is 19.9. The van der Waals surface area contributed by atoms with E-state index in [4.69, 9.17) is 5.41 Å². The number of anilines is 1.